The van der Waals surface area contributed by atoms with Crippen molar-refractivity contribution in [2.24, 2.45) is 0 Å². The first-order valence-corrected chi connectivity index (χ1v) is 7.64. The van der Waals surface area contributed by atoms with E-state index in [0.717, 1.165) is 30.4 Å². The van der Waals surface area contributed by atoms with E-state index < -0.39 is 9.05 Å². The van der Waals surface area contributed by atoms with Crippen molar-refractivity contribution in [3.05, 3.63) is 35.1 Å². The van der Waals surface area contributed by atoms with E-state index >= 15 is 0 Å². The van der Waals surface area contributed by atoms with Gasteiger partial charge in [0.1, 0.15) is 5.82 Å². The lowest BCUT2D eigenvalue weighted by atomic mass is 9.84. The van der Waals surface area contributed by atoms with E-state index in [4.69, 9.17) is 10.7 Å². The standard InChI is InChI=1S/C11H12ClFO2S/c12-16(14,15)7-9-3-1-2-8-4-5-10(13)6-11(8)9/h4-6,9H,1-3,7H2. The molecule has 2 rings (SSSR count). The molecule has 0 bridgehead atoms. The molecule has 16 heavy (non-hydrogen) atoms. The number of hydrogen-bond donors (Lipinski definition) is 0. The summed E-state index contributed by atoms with van der Waals surface area (Å²) in [6, 6.07) is 4.58. The number of hydrogen-bond acceptors (Lipinski definition) is 2. The molecular formula is C11H12ClFO2S. The Hall–Kier alpha value is -0.610. The minimum absolute atomic E-state index is 0.106. The van der Waals surface area contributed by atoms with E-state index in [-0.39, 0.29) is 17.5 Å². The van der Waals surface area contributed by atoms with Gasteiger partial charge in [0.15, 0.2) is 0 Å². The quantitative estimate of drug-likeness (QED) is 0.768. The van der Waals surface area contributed by atoms with Gasteiger partial charge in [-0.3, -0.25) is 0 Å². The van der Waals surface area contributed by atoms with E-state index in [2.05, 4.69) is 0 Å². The van der Waals surface area contributed by atoms with Gasteiger partial charge in [0, 0.05) is 10.7 Å². The number of aryl methyl sites for hydroxylation is 1. The lowest BCUT2D eigenvalue weighted by molar-refractivity contribution is 0.558. The van der Waals surface area contributed by atoms with Crippen molar-refractivity contribution in [3.8, 4) is 0 Å². The molecule has 1 aliphatic rings. The van der Waals surface area contributed by atoms with E-state index in [9.17, 15) is 12.8 Å². The molecule has 0 N–H and O–H groups in total. The summed E-state index contributed by atoms with van der Waals surface area (Å²) >= 11 is 0. The Kier molecular flexibility index (Phi) is 3.22. The van der Waals surface area contributed by atoms with Crippen molar-refractivity contribution in [2.75, 3.05) is 5.75 Å². The summed E-state index contributed by atoms with van der Waals surface area (Å²) in [5, 5.41) is 0. The van der Waals surface area contributed by atoms with Gasteiger partial charge in [0.25, 0.3) is 0 Å². The Bertz CT molecular complexity index is 499. The molecule has 0 saturated carbocycles. The molecule has 88 valence electrons. The second-order valence-corrected chi connectivity index (χ2v) is 6.96. The summed E-state index contributed by atoms with van der Waals surface area (Å²) in [7, 11) is 1.72. The van der Waals surface area contributed by atoms with Crippen LogP contribution < -0.4 is 0 Å². The van der Waals surface area contributed by atoms with Crippen molar-refractivity contribution in [2.45, 2.75) is 25.2 Å². The Morgan fingerprint density at radius 3 is 2.88 bits per heavy atom. The highest BCUT2D eigenvalue weighted by molar-refractivity contribution is 8.13. The molecule has 5 heteroatoms. The minimum Gasteiger partial charge on any atom is -0.212 e. The fourth-order valence-corrected chi connectivity index (χ4v) is 3.56. The zero-order valence-corrected chi connectivity index (χ0v) is 10.2. The maximum absolute atomic E-state index is 13.1. The predicted molar refractivity (Wildman–Crippen MR) is 61.7 cm³/mol. The summed E-state index contributed by atoms with van der Waals surface area (Å²) in [6.45, 7) is 0. The number of fused-ring (bicyclic) bond motifs is 1. The van der Waals surface area contributed by atoms with E-state index in [1.54, 1.807) is 6.07 Å². The Labute approximate surface area is 98.8 Å². The maximum atomic E-state index is 13.1. The molecular weight excluding hydrogens is 251 g/mol. The summed E-state index contributed by atoms with van der Waals surface area (Å²) in [6.07, 6.45) is 2.56. The molecule has 0 radical (unpaired) electrons. The maximum Gasteiger partial charge on any atom is 0.233 e. The van der Waals surface area contributed by atoms with Gasteiger partial charge in [-0.2, -0.15) is 0 Å². The van der Waals surface area contributed by atoms with Crippen LogP contribution >= 0.6 is 10.7 Å². The van der Waals surface area contributed by atoms with E-state index in [1.807, 2.05) is 0 Å². The monoisotopic (exact) mass is 262 g/mol. The lowest BCUT2D eigenvalue weighted by Gasteiger charge is -2.24. The fraction of sp³-hybridized carbons (Fsp3) is 0.455. The lowest BCUT2D eigenvalue weighted by Crippen LogP contribution is -2.16. The summed E-state index contributed by atoms with van der Waals surface area (Å²) in [5.74, 6) is -0.593. The van der Waals surface area contributed by atoms with Crippen LogP contribution in [0.2, 0.25) is 0 Å². The van der Waals surface area contributed by atoms with Crippen LogP contribution in [0.25, 0.3) is 0 Å². The van der Waals surface area contributed by atoms with Crippen LogP contribution in [0, 0.1) is 5.82 Å². The molecule has 1 aliphatic carbocycles. The molecule has 0 spiro atoms. The molecule has 1 atom stereocenters. The molecule has 0 saturated heterocycles. The zero-order chi connectivity index (χ0) is 11.8. The van der Waals surface area contributed by atoms with Gasteiger partial charge in [-0.25, -0.2) is 12.8 Å². The van der Waals surface area contributed by atoms with Crippen LogP contribution in [0.3, 0.4) is 0 Å². The topological polar surface area (TPSA) is 34.1 Å². The molecule has 0 aliphatic heterocycles. The Morgan fingerprint density at radius 1 is 1.44 bits per heavy atom. The Balaban J connectivity index is 2.35. The fourth-order valence-electron chi connectivity index (χ4n) is 2.28. The third-order valence-corrected chi connectivity index (χ3v) is 4.13. The number of benzene rings is 1. The first-order valence-electron chi connectivity index (χ1n) is 5.16. The predicted octanol–water partition coefficient (Wildman–Crippen LogP) is 2.81. The van der Waals surface area contributed by atoms with Crippen LogP contribution in [0.5, 0.6) is 0 Å². The van der Waals surface area contributed by atoms with Crippen LogP contribution in [-0.4, -0.2) is 14.2 Å². The van der Waals surface area contributed by atoms with Gasteiger partial charge in [-0.15, -0.1) is 0 Å². The average molecular weight is 263 g/mol. The van der Waals surface area contributed by atoms with Crippen LogP contribution in [0.4, 0.5) is 4.39 Å². The van der Waals surface area contributed by atoms with Gasteiger partial charge in [-0.05, 0) is 48.4 Å². The van der Waals surface area contributed by atoms with E-state index in [0.29, 0.717) is 0 Å². The highest BCUT2D eigenvalue weighted by atomic mass is 35.7. The molecule has 1 aromatic rings. The molecule has 0 fully saturated rings. The molecule has 0 heterocycles. The summed E-state index contributed by atoms with van der Waals surface area (Å²) in [5.41, 5.74) is 1.84. The second kappa shape index (κ2) is 4.34. The average Bonchev–Trinajstić information content (AvgIpc) is 2.17. The van der Waals surface area contributed by atoms with Crippen LogP contribution in [0.1, 0.15) is 29.9 Å². The summed E-state index contributed by atoms with van der Waals surface area (Å²) in [4.78, 5) is 0. The summed E-state index contributed by atoms with van der Waals surface area (Å²) < 4.78 is 35.3. The van der Waals surface area contributed by atoms with Crippen molar-refractivity contribution in [1.29, 1.82) is 0 Å². The number of rotatable bonds is 2. The normalized spacial score (nSPS) is 20.5. The molecule has 2 nitrogen and oxygen atoms in total. The highest BCUT2D eigenvalue weighted by Gasteiger charge is 2.24. The third kappa shape index (κ3) is 2.74. The molecule has 0 amide bonds. The van der Waals surface area contributed by atoms with Gasteiger partial charge in [0.05, 0.1) is 5.75 Å². The smallest absolute Gasteiger partial charge is 0.212 e. The molecule has 1 aromatic carbocycles. The highest BCUT2D eigenvalue weighted by Crippen LogP contribution is 2.33. The minimum atomic E-state index is -3.53. The van der Waals surface area contributed by atoms with Crippen LogP contribution in [0.15, 0.2) is 18.2 Å². The third-order valence-electron chi connectivity index (χ3n) is 2.95. The van der Waals surface area contributed by atoms with Crippen molar-refractivity contribution in [1.82, 2.24) is 0 Å². The first-order chi connectivity index (χ1) is 7.46. The SMILES string of the molecule is O=S(=O)(Cl)CC1CCCc2ccc(F)cc21. The van der Waals surface area contributed by atoms with Gasteiger partial charge >= 0.3 is 0 Å². The van der Waals surface area contributed by atoms with Gasteiger partial charge < -0.3 is 0 Å². The van der Waals surface area contributed by atoms with Crippen LogP contribution in [-0.2, 0) is 15.5 Å². The molecule has 1 unspecified atom stereocenters. The van der Waals surface area contributed by atoms with Crippen molar-refractivity contribution in [3.63, 3.8) is 0 Å². The number of halogens is 2. The second-order valence-electron chi connectivity index (χ2n) is 4.14. The van der Waals surface area contributed by atoms with E-state index in [1.165, 1.54) is 12.1 Å². The van der Waals surface area contributed by atoms with Gasteiger partial charge in [0.2, 0.25) is 9.05 Å². The molecule has 0 aromatic heterocycles. The van der Waals surface area contributed by atoms with Gasteiger partial charge in [-0.1, -0.05) is 6.07 Å². The zero-order valence-electron chi connectivity index (χ0n) is 8.62. The first kappa shape index (κ1) is 11.9. The Morgan fingerprint density at radius 2 is 2.19 bits per heavy atom. The largest absolute Gasteiger partial charge is 0.233 e. The van der Waals surface area contributed by atoms with Crippen molar-refractivity contribution < 1.29 is 12.8 Å². The van der Waals surface area contributed by atoms with Crippen molar-refractivity contribution >= 4 is 19.7 Å².